The lowest BCUT2D eigenvalue weighted by Gasteiger charge is -2.08. The number of carbonyl (C=O) groups excluding carboxylic acids is 2. The molecule has 0 aliphatic rings. The highest BCUT2D eigenvalue weighted by Gasteiger charge is 2.05. The van der Waals surface area contributed by atoms with Gasteiger partial charge >= 0.3 is 0 Å². The molecule has 0 atom stereocenters. The molecule has 2 aromatic rings. The van der Waals surface area contributed by atoms with Crippen LogP contribution in [0.3, 0.4) is 0 Å². The Morgan fingerprint density at radius 1 is 0.958 bits per heavy atom. The SMILES string of the molecule is C=C(C)C(=O)NCO.C=C(C)C(=O)Nc1cccc2ccccc12. The van der Waals surface area contributed by atoms with Crippen LogP contribution < -0.4 is 10.6 Å². The number of amides is 2. The Hall–Kier alpha value is -2.92. The van der Waals surface area contributed by atoms with Crippen molar-refractivity contribution in [3.8, 4) is 0 Å². The molecule has 0 heterocycles. The van der Waals surface area contributed by atoms with Gasteiger partial charge in [0, 0.05) is 22.2 Å². The average molecular weight is 326 g/mol. The highest BCUT2D eigenvalue weighted by Crippen LogP contribution is 2.23. The summed E-state index contributed by atoms with van der Waals surface area (Å²) in [7, 11) is 0. The standard InChI is InChI=1S/C14H13NO.C5H9NO2/c1-10(2)14(16)15-13-9-5-7-11-6-3-4-8-12(11)13;1-4(2)5(8)6-3-7/h3-9H,1H2,2H3,(H,15,16);7H,1,3H2,2H3,(H,6,8). The van der Waals surface area contributed by atoms with E-state index in [4.69, 9.17) is 5.11 Å². The van der Waals surface area contributed by atoms with Gasteiger partial charge in [-0.3, -0.25) is 9.59 Å². The molecule has 0 bridgehead atoms. The van der Waals surface area contributed by atoms with Gasteiger partial charge in [-0.25, -0.2) is 0 Å². The Kier molecular flexibility index (Phi) is 7.39. The molecule has 0 radical (unpaired) electrons. The van der Waals surface area contributed by atoms with Gasteiger partial charge in [-0.1, -0.05) is 49.6 Å². The number of hydrogen-bond acceptors (Lipinski definition) is 3. The van der Waals surface area contributed by atoms with Crippen LogP contribution in [0.15, 0.2) is 66.8 Å². The molecule has 0 aliphatic carbocycles. The summed E-state index contributed by atoms with van der Waals surface area (Å²) in [5.74, 6) is -0.455. The molecule has 0 aliphatic heterocycles. The van der Waals surface area contributed by atoms with E-state index >= 15 is 0 Å². The quantitative estimate of drug-likeness (QED) is 0.597. The van der Waals surface area contributed by atoms with Crippen molar-refractivity contribution in [3.63, 3.8) is 0 Å². The number of anilines is 1. The first kappa shape index (κ1) is 19.1. The van der Waals surface area contributed by atoms with E-state index in [-0.39, 0.29) is 18.5 Å². The summed E-state index contributed by atoms with van der Waals surface area (Å²) in [6, 6.07) is 13.8. The van der Waals surface area contributed by atoms with Crippen molar-refractivity contribution < 1.29 is 14.7 Å². The van der Waals surface area contributed by atoms with Crippen molar-refractivity contribution in [3.05, 3.63) is 66.8 Å². The normalized spacial score (nSPS) is 9.46. The molecule has 0 fully saturated rings. The summed E-state index contributed by atoms with van der Waals surface area (Å²) in [5.41, 5.74) is 1.73. The van der Waals surface area contributed by atoms with Crippen molar-refractivity contribution in [2.75, 3.05) is 12.0 Å². The Bertz CT molecular complexity index is 761. The number of aliphatic hydroxyl groups is 1. The van der Waals surface area contributed by atoms with Crippen LogP contribution in [-0.2, 0) is 9.59 Å². The molecular formula is C19H22N2O3. The maximum atomic E-state index is 11.5. The van der Waals surface area contributed by atoms with E-state index in [1.165, 1.54) is 0 Å². The van der Waals surface area contributed by atoms with Crippen LogP contribution >= 0.6 is 0 Å². The number of rotatable bonds is 4. The molecule has 0 aromatic heterocycles. The number of nitrogens with one attached hydrogen (secondary N) is 2. The number of hydrogen-bond donors (Lipinski definition) is 3. The summed E-state index contributed by atoms with van der Waals surface area (Å²) >= 11 is 0. The van der Waals surface area contributed by atoms with Gasteiger partial charge in [0.1, 0.15) is 6.73 Å². The second kappa shape index (κ2) is 9.27. The van der Waals surface area contributed by atoms with Crippen LogP contribution in [0.2, 0.25) is 0 Å². The predicted molar refractivity (Wildman–Crippen MR) is 97.4 cm³/mol. The molecule has 0 unspecified atom stereocenters. The van der Waals surface area contributed by atoms with Crippen LogP contribution in [0.5, 0.6) is 0 Å². The van der Waals surface area contributed by atoms with E-state index in [0.717, 1.165) is 16.5 Å². The number of carbonyl (C=O) groups is 2. The van der Waals surface area contributed by atoms with E-state index in [9.17, 15) is 9.59 Å². The number of benzene rings is 2. The third-order valence-electron chi connectivity index (χ3n) is 3.05. The van der Waals surface area contributed by atoms with Gasteiger partial charge in [0.2, 0.25) is 5.91 Å². The molecule has 3 N–H and O–H groups in total. The Balaban J connectivity index is 0.000000307. The fraction of sp³-hybridized carbons (Fsp3) is 0.158. The molecule has 0 saturated carbocycles. The van der Waals surface area contributed by atoms with Crippen molar-refractivity contribution in [2.24, 2.45) is 0 Å². The van der Waals surface area contributed by atoms with Crippen LogP contribution in [-0.4, -0.2) is 23.7 Å². The Morgan fingerprint density at radius 2 is 1.54 bits per heavy atom. The second-order valence-electron chi connectivity index (χ2n) is 5.21. The van der Waals surface area contributed by atoms with Crippen molar-refractivity contribution in [2.45, 2.75) is 13.8 Å². The molecule has 2 aromatic carbocycles. The summed E-state index contributed by atoms with van der Waals surface area (Å²) in [6.45, 7) is 9.91. The summed E-state index contributed by atoms with van der Waals surface area (Å²) < 4.78 is 0. The minimum atomic E-state index is -0.328. The van der Waals surface area contributed by atoms with Crippen LogP contribution in [0.1, 0.15) is 13.8 Å². The van der Waals surface area contributed by atoms with Crippen molar-refractivity contribution in [1.29, 1.82) is 0 Å². The van der Waals surface area contributed by atoms with Crippen molar-refractivity contribution >= 4 is 28.3 Å². The average Bonchev–Trinajstić information content (AvgIpc) is 2.56. The molecule has 2 rings (SSSR count). The van der Waals surface area contributed by atoms with Gasteiger partial charge in [0.15, 0.2) is 0 Å². The molecule has 2 amide bonds. The molecule has 24 heavy (non-hydrogen) atoms. The fourth-order valence-electron chi connectivity index (χ4n) is 1.79. The molecule has 126 valence electrons. The second-order valence-corrected chi connectivity index (χ2v) is 5.21. The topological polar surface area (TPSA) is 78.4 Å². The van der Waals surface area contributed by atoms with Gasteiger partial charge in [0.25, 0.3) is 5.91 Å². The first-order valence-corrected chi connectivity index (χ1v) is 7.36. The zero-order valence-electron chi connectivity index (χ0n) is 13.9. The lowest BCUT2D eigenvalue weighted by Crippen LogP contribution is -2.24. The third kappa shape index (κ3) is 5.70. The number of aliphatic hydroxyl groups excluding tert-OH is 1. The van der Waals surface area contributed by atoms with Gasteiger partial charge in [-0.15, -0.1) is 0 Å². The van der Waals surface area contributed by atoms with E-state index < -0.39 is 0 Å². The van der Waals surface area contributed by atoms with Gasteiger partial charge in [-0.05, 0) is 25.3 Å². The lowest BCUT2D eigenvalue weighted by atomic mass is 10.1. The molecule has 5 nitrogen and oxygen atoms in total. The highest BCUT2D eigenvalue weighted by atomic mass is 16.3. The first-order valence-electron chi connectivity index (χ1n) is 7.36. The highest BCUT2D eigenvalue weighted by molar-refractivity contribution is 6.08. The summed E-state index contributed by atoms with van der Waals surface area (Å²) in [5, 5.41) is 15.3. The van der Waals surface area contributed by atoms with Crippen LogP contribution in [0.25, 0.3) is 10.8 Å². The van der Waals surface area contributed by atoms with Gasteiger partial charge < -0.3 is 15.7 Å². The van der Waals surface area contributed by atoms with Gasteiger partial charge in [-0.2, -0.15) is 0 Å². The lowest BCUT2D eigenvalue weighted by molar-refractivity contribution is -0.118. The van der Waals surface area contributed by atoms with E-state index in [0.29, 0.717) is 11.1 Å². The maximum Gasteiger partial charge on any atom is 0.250 e. The molecular weight excluding hydrogens is 304 g/mol. The summed E-state index contributed by atoms with van der Waals surface area (Å²) in [6.07, 6.45) is 0. The van der Waals surface area contributed by atoms with Crippen molar-refractivity contribution in [1.82, 2.24) is 5.32 Å². The summed E-state index contributed by atoms with van der Waals surface area (Å²) in [4.78, 5) is 21.9. The zero-order chi connectivity index (χ0) is 18.1. The maximum absolute atomic E-state index is 11.5. The zero-order valence-corrected chi connectivity index (χ0v) is 13.9. The molecule has 0 spiro atoms. The monoisotopic (exact) mass is 326 g/mol. The van der Waals surface area contributed by atoms with Gasteiger partial charge in [0.05, 0.1) is 0 Å². The van der Waals surface area contributed by atoms with E-state index in [1.807, 2.05) is 42.5 Å². The number of fused-ring (bicyclic) bond motifs is 1. The van der Waals surface area contributed by atoms with E-state index in [1.54, 1.807) is 13.8 Å². The Labute approximate surface area is 141 Å². The van der Waals surface area contributed by atoms with Crippen LogP contribution in [0.4, 0.5) is 5.69 Å². The first-order chi connectivity index (χ1) is 11.4. The smallest absolute Gasteiger partial charge is 0.250 e. The predicted octanol–water partition coefficient (Wildman–Crippen LogP) is 2.98. The minimum Gasteiger partial charge on any atom is -0.376 e. The van der Waals surface area contributed by atoms with Crippen LogP contribution in [0, 0.1) is 0 Å². The Morgan fingerprint density at radius 3 is 2.08 bits per heavy atom. The molecule has 0 saturated heterocycles. The van der Waals surface area contributed by atoms with E-state index in [2.05, 4.69) is 23.8 Å². The largest absolute Gasteiger partial charge is 0.376 e. The fourth-order valence-corrected chi connectivity index (χ4v) is 1.79. The minimum absolute atomic E-state index is 0.142. The molecule has 5 heteroatoms. The third-order valence-corrected chi connectivity index (χ3v) is 3.05.